The zero-order chi connectivity index (χ0) is 18.5. The van der Waals surface area contributed by atoms with Gasteiger partial charge in [-0.1, -0.05) is 0 Å². The van der Waals surface area contributed by atoms with Crippen LogP contribution in [0.3, 0.4) is 0 Å². The second-order valence-electron chi connectivity index (χ2n) is 7.00. The van der Waals surface area contributed by atoms with Gasteiger partial charge in [0.05, 0.1) is 17.5 Å². The maximum Gasteiger partial charge on any atom is 0.258 e. The van der Waals surface area contributed by atoms with E-state index in [9.17, 15) is 4.79 Å². The molecule has 1 fully saturated rings. The van der Waals surface area contributed by atoms with E-state index < -0.39 is 0 Å². The normalized spacial score (nSPS) is 15.2. The van der Waals surface area contributed by atoms with Gasteiger partial charge in [0.25, 0.3) is 5.91 Å². The molecule has 1 N–H and O–H groups in total. The molecule has 0 aliphatic heterocycles. The van der Waals surface area contributed by atoms with E-state index in [2.05, 4.69) is 32.4 Å². The van der Waals surface area contributed by atoms with Crippen LogP contribution < -0.4 is 5.32 Å². The van der Waals surface area contributed by atoms with Crippen LogP contribution in [0, 0.1) is 13.8 Å². The van der Waals surface area contributed by atoms with Gasteiger partial charge in [-0.2, -0.15) is 0 Å². The number of fused-ring (bicyclic) bond motifs is 1. The van der Waals surface area contributed by atoms with E-state index in [1.54, 1.807) is 20.9 Å². The summed E-state index contributed by atoms with van der Waals surface area (Å²) in [6.45, 7) is 5.79. The first-order valence-corrected chi connectivity index (χ1v) is 8.43. The van der Waals surface area contributed by atoms with Crippen molar-refractivity contribution in [3.05, 3.63) is 29.4 Å². The zero-order valence-electron chi connectivity index (χ0n) is 15.2. The number of furan rings is 1. The molecule has 9 nitrogen and oxygen atoms in total. The minimum absolute atomic E-state index is 0.0139. The molecule has 0 aromatic carbocycles. The lowest BCUT2D eigenvalue weighted by molar-refractivity contribution is 0.0772. The summed E-state index contributed by atoms with van der Waals surface area (Å²) in [5.74, 6) is 1.75. The Morgan fingerprint density at radius 1 is 1.27 bits per heavy atom. The van der Waals surface area contributed by atoms with Crippen LogP contribution in [0.15, 0.2) is 15.2 Å². The van der Waals surface area contributed by atoms with E-state index in [0.29, 0.717) is 40.0 Å². The molecule has 1 aliphatic rings. The highest BCUT2D eigenvalue weighted by Crippen LogP contribution is 2.40. The molecule has 136 valence electrons. The first-order valence-electron chi connectivity index (χ1n) is 8.43. The maximum absolute atomic E-state index is 13.1. The van der Waals surface area contributed by atoms with Crippen LogP contribution in [0.2, 0.25) is 0 Å². The van der Waals surface area contributed by atoms with E-state index in [4.69, 9.17) is 8.83 Å². The maximum atomic E-state index is 13.1. The third kappa shape index (κ3) is 2.89. The van der Waals surface area contributed by atoms with Crippen molar-refractivity contribution < 1.29 is 13.6 Å². The molecule has 3 heterocycles. The molecule has 0 atom stereocenters. The lowest BCUT2D eigenvalue weighted by Crippen LogP contribution is -2.27. The van der Waals surface area contributed by atoms with Crippen molar-refractivity contribution in [1.82, 2.24) is 25.1 Å². The molecule has 0 saturated heterocycles. The Balaban J connectivity index is 1.70. The summed E-state index contributed by atoms with van der Waals surface area (Å²) in [5, 5.41) is 11.7. The fraction of sp³-hybridized carbons (Fsp3) is 0.471. The first kappa shape index (κ1) is 16.5. The minimum atomic E-state index is -0.212. The van der Waals surface area contributed by atoms with E-state index in [1.165, 1.54) is 11.2 Å². The number of amides is 1. The predicted molar refractivity (Wildman–Crippen MR) is 92.6 cm³/mol. The van der Waals surface area contributed by atoms with Crippen molar-refractivity contribution in [3.8, 4) is 0 Å². The molecule has 4 rings (SSSR count). The van der Waals surface area contributed by atoms with Crippen molar-refractivity contribution in [2.45, 2.75) is 45.7 Å². The van der Waals surface area contributed by atoms with Crippen molar-refractivity contribution in [2.24, 2.45) is 0 Å². The van der Waals surface area contributed by atoms with Gasteiger partial charge in [0.1, 0.15) is 17.9 Å². The average molecular weight is 356 g/mol. The van der Waals surface area contributed by atoms with Gasteiger partial charge in [0.2, 0.25) is 17.5 Å². The van der Waals surface area contributed by atoms with Crippen LogP contribution in [-0.4, -0.2) is 43.6 Å². The Morgan fingerprint density at radius 3 is 2.69 bits per heavy atom. The van der Waals surface area contributed by atoms with E-state index >= 15 is 0 Å². The van der Waals surface area contributed by atoms with Gasteiger partial charge in [0.15, 0.2) is 0 Å². The summed E-state index contributed by atoms with van der Waals surface area (Å²) in [7, 11) is 1.68. The molecular formula is C17H20N6O3. The molecule has 3 aromatic rings. The standard InChI is InChI=1S/C17H20N6O3/c1-9-12(16(24)23(4)7-11-22-21-10(2)26-11)13-14(20-17(3)5-6-17)18-8-19-15(13)25-9/h8H,5-7H2,1-4H3,(H,18,19,20). The van der Waals surface area contributed by atoms with Crippen LogP contribution in [0.25, 0.3) is 11.1 Å². The number of rotatable bonds is 5. The summed E-state index contributed by atoms with van der Waals surface area (Å²) in [6, 6.07) is 0. The summed E-state index contributed by atoms with van der Waals surface area (Å²) in [5.41, 5.74) is 0.862. The van der Waals surface area contributed by atoms with Crippen molar-refractivity contribution in [1.29, 1.82) is 0 Å². The Bertz CT molecular complexity index is 988. The number of carbonyl (C=O) groups is 1. The monoisotopic (exact) mass is 356 g/mol. The van der Waals surface area contributed by atoms with Crippen LogP contribution in [-0.2, 0) is 6.54 Å². The van der Waals surface area contributed by atoms with Gasteiger partial charge in [-0.15, -0.1) is 10.2 Å². The average Bonchev–Trinajstić information content (AvgIpc) is 3.00. The summed E-state index contributed by atoms with van der Waals surface area (Å²) in [6.07, 6.45) is 3.57. The van der Waals surface area contributed by atoms with Crippen LogP contribution in [0.1, 0.15) is 47.7 Å². The number of aromatic nitrogens is 4. The molecule has 26 heavy (non-hydrogen) atoms. The van der Waals surface area contributed by atoms with Crippen molar-refractivity contribution in [3.63, 3.8) is 0 Å². The van der Waals surface area contributed by atoms with Gasteiger partial charge < -0.3 is 19.1 Å². The van der Waals surface area contributed by atoms with Crippen LogP contribution >= 0.6 is 0 Å². The molecule has 0 radical (unpaired) electrons. The summed E-state index contributed by atoms with van der Waals surface area (Å²) in [4.78, 5) is 23.1. The zero-order valence-corrected chi connectivity index (χ0v) is 15.2. The quantitative estimate of drug-likeness (QED) is 0.742. The van der Waals surface area contributed by atoms with Gasteiger partial charge >= 0.3 is 0 Å². The highest BCUT2D eigenvalue weighted by molar-refractivity contribution is 6.10. The molecule has 0 spiro atoms. The molecule has 3 aromatic heterocycles. The number of anilines is 1. The SMILES string of the molecule is Cc1nnc(CN(C)C(=O)c2c(C)oc3ncnc(NC4(C)CC4)c23)o1. The Morgan fingerprint density at radius 2 is 2.04 bits per heavy atom. The first-order chi connectivity index (χ1) is 12.4. The molecule has 9 heteroatoms. The van der Waals surface area contributed by atoms with Gasteiger partial charge in [0, 0.05) is 19.5 Å². The minimum Gasteiger partial charge on any atom is -0.442 e. The predicted octanol–water partition coefficient (Wildman–Crippen LogP) is 2.46. The van der Waals surface area contributed by atoms with Crippen LogP contribution in [0.4, 0.5) is 5.82 Å². The Kier molecular flexibility index (Phi) is 3.67. The Hall–Kier alpha value is -2.97. The second kappa shape index (κ2) is 5.79. The largest absolute Gasteiger partial charge is 0.442 e. The van der Waals surface area contributed by atoms with Gasteiger partial charge in [-0.3, -0.25) is 4.79 Å². The molecule has 0 unspecified atom stereocenters. The second-order valence-corrected chi connectivity index (χ2v) is 7.00. The fourth-order valence-corrected chi connectivity index (χ4v) is 2.86. The van der Waals surface area contributed by atoms with Gasteiger partial charge in [-0.25, -0.2) is 9.97 Å². The number of nitrogens with zero attached hydrogens (tertiary/aromatic N) is 5. The third-order valence-electron chi connectivity index (χ3n) is 4.59. The molecule has 0 bridgehead atoms. The number of hydrogen-bond acceptors (Lipinski definition) is 8. The number of aryl methyl sites for hydroxylation is 2. The van der Waals surface area contributed by atoms with E-state index in [0.717, 1.165) is 12.8 Å². The topological polar surface area (TPSA) is 110 Å². The van der Waals surface area contributed by atoms with Crippen LogP contribution in [0.5, 0.6) is 0 Å². The molecule has 1 amide bonds. The fourth-order valence-electron chi connectivity index (χ4n) is 2.86. The Labute approximate surface area is 149 Å². The van der Waals surface area contributed by atoms with E-state index in [1.807, 2.05) is 0 Å². The van der Waals surface area contributed by atoms with Gasteiger partial charge in [-0.05, 0) is 26.7 Å². The smallest absolute Gasteiger partial charge is 0.258 e. The lowest BCUT2D eigenvalue weighted by Gasteiger charge is -2.16. The molecule has 1 aliphatic carbocycles. The summed E-state index contributed by atoms with van der Waals surface area (Å²) >= 11 is 0. The lowest BCUT2D eigenvalue weighted by atomic mass is 10.1. The molecular weight excluding hydrogens is 336 g/mol. The highest BCUT2D eigenvalue weighted by Gasteiger charge is 2.38. The summed E-state index contributed by atoms with van der Waals surface area (Å²) < 4.78 is 11.1. The van der Waals surface area contributed by atoms with E-state index in [-0.39, 0.29) is 18.0 Å². The van der Waals surface area contributed by atoms with Crippen molar-refractivity contribution >= 4 is 22.8 Å². The number of carbonyl (C=O) groups excluding carboxylic acids is 1. The highest BCUT2D eigenvalue weighted by atomic mass is 16.4. The molecule has 1 saturated carbocycles. The van der Waals surface area contributed by atoms with Crippen molar-refractivity contribution in [2.75, 3.05) is 12.4 Å². The number of nitrogens with one attached hydrogen (secondary N) is 1. The third-order valence-corrected chi connectivity index (χ3v) is 4.59. The number of hydrogen-bond donors (Lipinski definition) is 1.